The summed E-state index contributed by atoms with van der Waals surface area (Å²) in [5, 5.41) is 0. The van der Waals surface area contributed by atoms with E-state index in [-0.39, 0.29) is 0 Å². The number of rotatable bonds is 2. The first-order chi connectivity index (χ1) is 7.51. The predicted molar refractivity (Wildman–Crippen MR) is 70.9 cm³/mol. The molecule has 0 spiro atoms. The Morgan fingerprint density at radius 3 is 2.25 bits per heavy atom. The van der Waals surface area contributed by atoms with Crippen molar-refractivity contribution < 1.29 is 8.42 Å². The third-order valence-corrected chi connectivity index (χ3v) is 5.15. The summed E-state index contributed by atoms with van der Waals surface area (Å²) in [6.07, 6.45) is 1.55. The molecule has 0 N–H and O–H groups in total. The van der Waals surface area contributed by atoms with Crippen molar-refractivity contribution in [2.45, 2.75) is 11.8 Å². The predicted octanol–water partition coefficient (Wildman–Crippen LogP) is 2.64. The highest BCUT2D eigenvalue weighted by Gasteiger charge is 2.17. The SMILES string of the molecule is Cc1ccc(S(=O)(=O)n2cccc2I)cc1. The summed E-state index contributed by atoms with van der Waals surface area (Å²) in [5.41, 5.74) is 1.04. The van der Waals surface area contributed by atoms with Crippen LogP contribution in [0.4, 0.5) is 0 Å². The molecule has 84 valence electrons. The minimum Gasteiger partial charge on any atom is -0.236 e. The summed E-state index contributed by atoms with van der Waals surface area (Å²) < 4.78 is 26.3. The molecule has 0 amide bonds. The van der Waals surface area contributed by atoms with Gasteiger partial charge >= 0.3 is 0 Å². The summed E-state index contributed by atoms with van der Waals surface area (Å²) in [7, 11) is -3.43. The van der Waals surface area contributed by atoms with Gasteiger partial charge in [-0.2, -0.15) is 0 Å². The zero-order valence-electron chi connectivity index (χ0n) is 8.59. The van der Waals surface area contributed by atoms with Crippen molar-refractivity contribution in [3.8, 4) is 0 Å². The van der Waals surface area contributed by atoms with E-state index < -0.39 is 10.0 Å². The van der Waals surface area contributed by atoms with Crippen LogP contribution in [0, 0.1) is 10.6 Å². The molecule has 1 heterocycles. The Morgan fingerprint density at radius 2 is 1.75 bits per heavy atom. The Labute approximate surface area is 108 Å². The molecule has 0 fully saturated rings. The number of aryl methyl sites for hydroxylation is 1. The maximum atomic E-state index is 12.2. The zero-order valence-corrected chi connectivity index (χ0v) is 11.6. The quantitative estimate of drug-likeness (QED) is 0.784. The van der Waals surface area contributed by atoms with E-state index in [1.165, 1.54) is 3.97 Å². The monoisotopic (exact) mass is 347 g/mol. The highest BCUT2D eigenvalue weighted by Crippen LogP contribution is 2.18. The fourth-order valence-corrected chi connectivity index (χ4v) is 3.74. The molecule has 0 bridgehead atoms. The van der Waals surface area contributed by atoms with E-state index in [0.29, 0.717) is 8.60 Å². The van der Waals surface area contributed by atoms with Gasteiger partial charge in [-0.05, 0) is 53.8 Å². The number of aromatic nitrogens is 1. The third kappa shape index (κ3) is 2.01. The highest BCUT2D eigenvalue weighted by atomic mass is 127. The van der Waals surface area contributed by atoms with Crippen molar-refractivity contribution in [3.05, 3.63) is 51.9 Å². The van der Waals surface area contributed by atoms with E-state index in [2.05, 4.69) is 0 Å². The van der Waals surface area contributed by atoms with Crippen LogP contribution >= 0.6 is 22.6 Å². The number of hydrogen-bond acceptors (Lipinski definition) is 2. The second-order valence-corrected chi connectivity index (χ2v) is 6.37. The Kier molecular flexibility index (Phi) is 3.07. The number of halogens is 1. The minimum atomic E-state index is -3.43. The topological polar surface area (TPSA) is 39.1 Å². The molecule has 1 aromatic carbocycles. The van der Waals surface area contributed by atoms with Gasteiger partial charge in [0.2, 0.25) is 0 Å². The van der Waals surface area contributed by atoms with Crippen LogP contribution in [0.15, 0.2) is 47.5 Å². The molecule has 0 aliphatic rings. The van der Waals surface area contributed by atoms with E-state index >= 15 is 0 Å². The van der Waals surface area contributed by atoms with Gasteiger partial charge in [-0.15, -0.1) is 0 Å². The van der Waals surface area contributed by atoms with E-state index in [1.54, 1.807) is 42.6 Å². The van der Waals surface area contributed by atoms with Crippen molar-refractivity contribution >= 4 is 32.6 Å². The van der Waals surface area contributed by atoms with Gasteiger partial charge in [-0.25, -0.2) is 12.4 Å². The van der Waals surface area contributed by atoms with Crippen molar-refractivity contribution in [1.29, 1.82) is 0 Å². The van der Waals surface area contributed by atoms with E-state index in [0.717, 1.165) is 5.56 Å². The maximum absolute atomic E-state index is 12.2. The number of benzene rings is 1. The lowest BCUT2D eigenvalue weighted by atomic mass is 10.2. The Balaban J connectivity index is 2.56. The van der Waals surface area contributed by atoms with Crippen molar-refractivity contribution in [2.75, 3.05) is 0 Å². The van der Waals surface area contributed by atoms with Gasteiger partial charge in [0.05, 0.1) is 8.60 Å². The van der Waals surface area contributed by atoms with Crippen molar-refractivity contribution in [1.82, 2.24) is 3.97 Å². The Hall–Kier alpha value is -0.820. The molecule has 16 heavy (non-hydrogen) atoms. The van der Waals surface area contributed by atoms with Crippen molar-refractivity contribution in [3.63, 3.8) is 0 Å². The zero-order chi connectivity index (χ0) is 11.8. The van der Waals surface area contributed by atoms with Crippen LogP contribution in [0.5, 0.6) is 0 Å². The molecule has 1 aromatic heterocycles. The molecule has 0 saturated carbocycles. The summed E-state index contributed by atoms with van der Waals surface area (Å²) in [6.45, 7) is 1.93. The van der Waals surface area contributed by atoms with Crippen LogP contribution < -0.4 is 0 Å². The van der Waals surface area contributed by atoms with Gasteiger partial charge in [-0.3, -0.25) is 0 Å². The average Bonchev–Trinajstić information content (AvgIpc) is 2.66. The van der Waals surface area contributed by atoms with Gasteiger partial charge in [-0.1, -0.05) is 17.7 Å². The first-order valence-corrected chi connectivity index (χ1v) is 7.19. The molecule has 0 radical (unpaired) electrons. The minimum absolute atomic E-state index is 0.312. The number of nitrogens with zero attached hydrogens (tertiary/aromatic N) is 1. The van der Waals surface area contributed by atoms with E-state index in [4.69, 9.17) is 0 Å². The maximum Gasteiger partial charge on any atom is 0.268 e. The van der Waals surface area contributed by atoms with Gasteiger partial charge in [0.1, 0.15) is 0 Å². The second-order valence-electron chi connectivity index (χ2n) is 3.44. The fraction of sp³-hybridized carbons (Fsp3) is 0.0909. The lowest BCUT2D eigenvalue weighted by Gasteiger charge is -2.07. The molecular formula is C11H10INO2S. The van der Waals surface area contributed by atoms with Gasteiger partial charge < -0.3 is 0 Å². The molecule has 0 unspecified atom stereocenters. The third-order valence-electron chi connectivity index (χ3n) is 2.24. The lowest BCUT2D eigenvalue weighted by Crippen LogP contribution is -2.13. The summed E-state index contributed by atoms with van der Waals surface area (Å²) in [4.78, 5) is 0.312. The standard InChI is InChI=1S/C11H10INO2S/c1-9-4-6-10(7-5-9)16(14,15)13-8-2-3-11(13)12/h2-8H,1H3. The molecule has 0 atom stereocenters. The molecule has 0 aliphatic heterocycles. The van der Waals surface area contributed by atoms with Gasteiger partial charge in [0.25, 0.3) is 10.0 Å². The van der Waals surface area contributed by atoms with Crippen molar-refractivity contribution in [2.24, 2.45) is 0 Å². The van der Waals surface area contributed by atoms with E-state index in [1.807, 2.05) is 29.5 Å². The Morgan fingerprint density at radius 1 is 1.12 bits per heavy atom. The number of hydrogen-bond donors (Lipinski definition) is 0. The second kappa shape index (κ2) is 4.21. The molecule has 0 aliphatic carbocycles. The van der Waals surface area contributed by atoms with Crippen LogP contribution in [-0.4, -0.2) is 12.4 Å². The van der Waals surface area contributed by atoms with Gasteiger partial charge in [0.15, 0.2) is 0 Å². The lowest BCUT2D eigenvalue weighted by molar-refractivity contribution is 0.586. The van der Waals surface area contributed by atoms with Crippen LogP contribution in [0.3, 0.4) is 0 Å². The summed E-state index contributed by atoms with van der Waals surface area (Å²) in [5.74, 6) is 0. The molecular weight excluding hydrogens is 337 g/mol. The molecule has 3 nitrogen and oxygen atoms in total. The van der Waals surface area contributed by atoms with E-state index in [9.17, 15) is 8.42 Å². The first kappa shape index (κ1) is 11.7. The van der Waals surface area contributed by atoms with Crippen LogP contribution in [0.2, 0.25) is 0 Å². The molecule has 2 aromatic rings. The smallest absolute Gasteiger partial charge is 0.236 e. The van der Waals surface area contributed by atoms with Crippen LogP contribution in [-0.2, 0) is 10.0 Å². The highest BCUT2D eigenvalue weighted by molar-refractivity contribution is 14.1. The average molecular weight is 347 g/mol. The fourth-order valence-electron chi connectivity index (χ4n) is 1.36. The summed E-state index contributed by atoms with van der Waals surface area (Å²) >= 11 is 2.00. The van der Waals surface area contributed by atoms with Gasteiger partial charge in [0, 0.05) is 6.20 Å². The normalized spacial score (nSPS) is 11.6. The Bertz CT molecular complexity index is 599. The molecule has 0 saturated heterocycles. The molecule has 5 heteroatoms. The van der Waals surface area contributed by atoms with Crippen LogP contribution in [0.1, 0.15) is 5.56 Å². The first-order valence-electron chi connectivity index (χ1n) is 4.67. The summed E-state index contributed by atoms with van der Waals surface area (Å²) in [6, 6.07) is 10.3. The van der Waals surface area contributed by atoms with Crippen LogP contribution in [0.25, 0.3) is 0 Å². The largest absolute Gasteiger partial charge is 0.268 e. The molecule has 2 rings (SSSR count).